The molecule has 1 saturated heterocycles. The van der Waals surface area contributed by atoms with Crippen molar-refractivity contribution in [3.63, 3.8) is 0 Å². The molecule has 0 unspecified atom stereocenters. The molecule has 2 aromatic rings. The van der Waals surface area contributed by atoms with Crippen LogP contribution in [-0.4, -0.2) is 80.3 Å². The molecule has 2 aromatic carbocycles. The van der Waals surface area contributed by atoms with Gasteiger partial charge >= 0.3 is 0 Å². The number of hydrogen-bond donors (Lipinski definition) is 0. The number of amides is 1. The molecule has 9 nitrogen and oxygen atoms in total. The van der Waals surface area contributed by atoms with Gasteiger partial charge in [0.1, 0.15) is 0 Å². The summed E-state index contributed by atoms with van der Waals surface area (Å²) in [6.07, 6.45) is 0. The lowest BCUT2D eigenvalue weighted by atomic mass is 10.1. The van der Waals surface area contributed by atoms with Gasteiger partial charge in [0.2, 0.25) is 10.0 Å². The smallest absolute Gasteiger partial charge is 0.260 e. The van der Waals surface area contributed by atoms with E-state index in [0.29, 0.717) is 54.7 Å². The predicted octanol–water partition coefficient (Wildman–Crippen LogP) is 2.07. The number of carbonyl (C=O) groups is 1. The highest BCUT2D eigenvalue weighted by molar-refractivity contribution is 7.89. The van der Waals surface area contributed by atoms with Gasteiger partial charge in [-0.1, -0.05) is 0 Å². The van der Waals surface area contributed by atoms with Gasteiger partial charge < -0.3 is 24.0 Å². The normalized spacial score (nSPS) is 14.4. The van der Waals surface area contributed by atoms with Gasteiger partial charge in [0, 0.05) is 51.7 Å². The zero-order valence-corrected chi connectivity index (χ0v) is 19.8. The van der Waals surface area contributed by atoms with Crippen LogP contribution in [0.15, 0.2) is 41.3 Å². The van der Waals surface area contributed by atoms with E-state index in [4.69, 9.17) is 14.2 Å². The monoisotopic (exact) mass is 463 g/mol. The summed E-state index contributed by atoms with van der Waals surface area (Å²) >= 11 is 0. The predicted molar refractivity (Wildman–Crippen MR) is 123 cm³/mol. The van der Waals surface area contributed by atoms with E-state index in [-0.39, 0.29) is 10.8 Å². The number of rotatable bonds is 7. The molecule has 1 heterocycles. The summed E-state index contributed by atoms with van der Waals surface area (Å²) in [7, 11) is 3.92. The number of hydrogen-bond acceptors (Lipinski definition) is 7. The fourth-order valence-electron chi connectivity index (χ4n) is 3.47. The lowest BCUT2D eigenvalue weighted by Gasteiger charge is -2.31. The molecule has 1 fully saturated rings. The molecule has 174 valence electrons. The Balaban J connectivity index is 2.07. The summed E-state index contributed by atoms with van der Waals surface area (Å²) in [5, 5.41) is 0. The summed E-state index contributed by atoms with van der Waals surface area (Å²) < 4.78 is 42.6. The molecule has 3 rings (SSSR count). The van der Waals surface area contributed by atoms with E-state index in [9.17, 15) is 13.2 Å². The van der Waals surface area contributed by atoms with Crippen molar-refractivity contribution in [3.05, 3.63) is 42.0 Å². The Hall–Kier alpha value is -2.82. The average Bonchev–Trinajstić information content (AvgIpc) is 2.82. The van der Waals surface area contributed by atoms with E-state index >= 15 is 0 Å². The van der Waals surface area contributed by atoms with Crippen molar-refractivity contribution in [1.29, 1.82) is 0 Å². The summed E-state index contributed by atoms with van der Waals surface area (Å²) in [5.74, 6) is 0.696. The van der Waals surface area contributed by atoms with Crippen LogP contribution in [0.2, 0.25) is 0 Å². The number of carbonyl (C=O) groups excluding carboxylic acids is 1. The minimum Gasteiger partial charge on any atom is -0.493 e. The molecule has 0 aromatic heterocycles. The lowest BCUT2D eigenvalue weighted by molar-refractivity contribution is 0.0991. The van der Waals surface area contributed by atoms with Crippen molar-refractivity contribution in [2.24, 2.45) is 0 Å². The first kappa shape index (κ1) is 23.8. The Morgan fingerprint density at radius 2 is 1.62 bits per heavy atom. The Morgan fingerprint density at radius 1 is 0.969 bits per heavy atom. The van der Waals surface area contributed by atoms with Crippen molar-refractivity contribution in [3.8, 4) is 11.5 Å². The molecular weight excluding hydrogens is 434 g/mol. The van der Waals surface area contributed by atoms with E-state index in [1.807, 2.05) is 4.90 Å². The topological polar surface area (TPSA) is 88.6 Å². The molecular formula is C22H29N3O6S. The van der Waals surface area contributed by atoms with Crippen LogP contribution in [0, 0.1) is 0 Å². The molecule has 0 saturated carbocycles. The molecule has 1 aliphatic heterocycles. The van der Waals surface area contributed by atoms with Crippen LogP contribution in [0.25, 0.3) is 0 Å². The number of methoxy groups -OCH3 is 2. The summed E-state index contributed by atoms with van der Waals surface area (Å²) in [4.78, 5) is 17.2. The van der Waals surface area contributed by atoms with Crippen LogP contribution in [0.5, 0.6) is 11.5 Å². The van der Waals surface area contributed by atoms with E-state index in [0.717, 1.165) is 4.31 Å². The molecule has 1 amide bonds. The van der Waals surface area contributed by atoms with Crippen molar-refractivity contribution in [1.82, 2.24) is 4.31 Å². The maximum Gasteiger partial charge on any atom is 0.260 e. The Labute approximate surface area is 189 Å². The minimum absolute atomic E-state index is 0.0589. The third kappa shape index (κ3) is 4.67. The number of morpholine rings is 1. The maximum absolute atomic E-state index is 13.6. The van der Waals surface area contributed by atoms with E-state index in [1.54, 1.807) is 31.3 Å². The minimum atomic E-state index is -3.71. The highest BCUT2D eigenvalue weighted by atomic mass is 32.2. The summed E-state index contributed by atoms with van der Waals surface area (Å²) in [6.45, 7) is 2.30. The van der Waals surface area contributed by atoms with Gasteiger partial charge in [0.15, 0.2) is 11.5 Å². The lowest BCUT2D eigenvalue weighted by Crippen LogP contribution is -2.38. The quantitative estimate of drug-likeness (QED) is 0.621. The first-order valence-electron chi connectivity index (χ1n) is 10.1. The van der Waals surface area contributed by atoms with E-state index in [2.05, 4.69) is 0 Å². The van der Waals surface area contributed by atoms with Crippen molar-refractivity contribution >= 4 is 27.3 Å². The van der Waals surface area contributed by atoms with Gasteiger partial charge in [-0.25, -0.2) is 12.7 Å². The second-order valence-electron chi connectivity index (χ2n) is 7.47. The number of ether oxygens (including phenoxy) is 3. The zero-order valence-electron chi connectivity index (χ0n) is 19.0. The van der Waals surface area contributed by atoms with Gasteiger partial charge in [-0.15, -0.1) is 0 Å². The first-order chi connectivity index (χ1) is 15.2. The fraction of sp³-hybridized carbons (Fsp3) is 0.409. The molecule has 0 radical (unpaired) electrons. The second-order valence-corrected chi connectivity index (χ2v) is 9.62. The van der Waals surface area contributed by atoms with Crippen LogP contribution in [0.3, 0.4) is 0 Å². The molecule has 0 spiro atoms. The average molecular weight is 464 g/mol. The molecule has 1 aliphatic rings. The van der Waals surface area contributed by atoms with Gasteiger partial charge in [0.05, 0.1) is 37.9 Å². The van der Waals surface area contributed by atoms with Crippen molar-refractivity contribution in [2.75, 3.05) is 71.5 Å². The highest BCUT2D eigenvalue weighted by Gasteiger charge is 2.26. The largest absolute Gasteiger partial charge is 0.493 e. The third-order valence-corrected chi connectivity index (χ3v) is 7.20. The van der Waals surface area contributed by atoms with Gasteiger partial charge in [-0.05, 0) is 30.3 Å². The molecule has 32 heavy (non-hydrogen) atoms. The Bertz CT molecular complexity index is 1080. The number of sulfonamides is 1. The van der Waals surface area contributed by atoms with Crippen LogP contribution < -0.4 is 19.3 Å². The van der Waals surface area contributed by atoms with Crippen molar-refractivity contribution in [2.45, 2.75) is 4.90 Å². The van der Waals surface area contributed by atoms with Crippen LogP contribution in [-0.2, 0) is 14.8 Å². The standard InChI is InChI=1S/C22H29N3O6S/c1-23(2)32(27,28)17-7-8-19(25-10-12-31-13-11-25)18(15-17)22(26)24(3)16-6-9-20(29-4)21(14-16)30-5/h6-9,14-15H,10-13H2,1-5H3. The van der Waals surface area contributed by atoms with Crippen molar-refractivity contribution < 1.29 is 27.4 Å². The van der Waals surface area contributed by atoms with Crippen LogP contribution in [0.4, 0.5) is 11.4 Å². The highest BCUT2D eigenvalue weighted by Crippen LogP contribution is 2.33. The molecule has 10 heteroatoms. The number of nitrogens with zero attached hydrogens (tertiary/aromatic N) is 3. The fourth-order valence-corrected chi connectivity index (χ4v) is 4.40. The van der Waals surface area contributed by atoms with Gasteiger partial charge in [-0.2, -0.15) is 0 Å². The van der Waals surface area contributed by atoms with Gasteiger partial charge in [-0.3, -0.25) is 4.79 Å². The maximum atomic E-state index is 13.6. The second kappa shape index (κ2) is 9.76. The van der Waals surface area contributed by atoms with E-state index in [1.165, 1.54) is 45.3 Å². The molecule has 0 aliphatic carbocycles. The van der Waals surface area contributed by atoms with Crippen LogP contribution >= 0.6 is 0 Å². The molecule has 0 atom stereocenters. The Kier molecular flexibility index (Phi) is 7.27. The van der Waals surface area contributed by atoms with E-state index < -0.39 is 10.0 Å². The molecule has 0 N–H and O–H groups in total. The van der Waals surface area contributed by atoms with Gasteiger partial charge in [0.25, 0.3) is 5.91 Å². The van der Waals surface area contributed by atoms with Crippen LogP contribution in [0.1, 0.15) is 10.4 Å². The number of benzene rings is 2. The Morgan fingerprint density at radius 3 is 2.22 bits per heavy atom. The first-order valence-corrected chi connectivity index (χ1v) is 11.5. The SMILES string of the molecule is COc1ccc(N(C)C(=O)c2cc(S(=O)(=O)N(C)C)ccc2N2CCOCC2)cc1OC. The zero-order chi connectivity index (χ0) is 23.5. The number of anilines is 2. The molecule has 0 bridgehead atoms. The summed E-state index contributed by atoms with van der Waals surface area (Å²) in [5.41, 5.74) is 1.55. The summed E-state index contributed by atoms with van der Waals surface area (Å²) in [6, 6.07) is 9.83. The third-order valence-electron chi connectivity index (χ3n) is 5.39.